The minimum Gasteiger partial charge on any atom is -0.399 e. The van der Waals surface area contributed by atoms with Crippen LogP contribution in [0.5, 0.6) is 0 Å². The number of nitrogen functional groups attached to an aromatic ring is 1. The molecule has 0 radical (unpaired) electrons. The normalized spacial score (nSPS) is 20.7. The summed E-state index contributed by atoms with van der Waals surface area (Å²) in [5, 5.41) is 9.30. The molecule has 2 unspecified atom stereocenters. The number of hydrogen-bond acceptors (Lipinski definition) is 4. The maximum atomic E-state index is 12.4. The number of aliphatic hydroxyl groups excluding tert-OH is 1. The number of anilines is 1. The molecule has 1 aromatic carbocycles. The molecule has 1 aliphatic rings. The van der Waals surface area contributed by atoms with Gasteiger partial charge in [0.05, 0.1) is 25.9 Å². The summed E-state index contributed by atoms with van der Waals surface area (Å²) in [6, 6.07) is 7.39. The number of nitrogens with two attached hydrogens (primary N) is 1. The number of carbonyl (C=O) groups excluding carboxylic acids is 1. The summed E-state index contributed by atoms with van der Waals surface area (Å²) in [7, 11) is 0. The first-order chi connectivity index (χ1) is 9.61. The largest absolute Gasteiger partial charge is 0.399 e. The average molecular weight is 278 g/mol. The predicted octanol–water partition coefficient (Wildman–Crippen LogP) is 0.982. The third kappa shape index (κ3) is 3.49. The molecule has 110 valence electrons. The number of ether oxygens (including phenoxy) is 1. The van der Waals surface area contributed by atoms with E-state index in [4.69, 9.17) is 10.5 Å². The second-order valence-electron chi connectivity index (χ2n) is 5.27. The fourth-order valence-corrected chi connectivity index (χ4v) is 2.46. The predicted molar refractivity (Wildman–Crippen MR) is 77.3 cm³/mol. The summed E-state index contributed by atoms with van der Waals surface area (Å²) >= 11 is 0. The van der Waals surface area contributed by atoms with Gasteiger partial charge in [-0.25, -0.2) is 0 Å². The molecule has 1 saturated heterocycles. The molecule has 2 atom stereocenters. The highest BCUT2D eigenvalue weighted by molar-refractivity contribution is 5.77. The number of benzene rings is 1. The van der Waals surface area contributed by atoms with Crippen molar-refractivity contribution in [2.24, 2.45) is 0 Å². The van der Waals surface area contributed by atoms with Gasteiger partial charge >= 0.3 is 0 Å². The van der Waals surface area contributed by atoms with E-state index in [1.165, 1.54) is 0 Å². The zero-order chi connectivity index (χ0) is 14.5. The average Bonchev–Trinajstić information content (AvgIpc) is 2.47. The lowest BCUT2D eigenvalue weighted by molar-refractivity contribution is -0.141. The Labute approximate surface area is 119 Å². The number of amides is 1. The van der Waals surface area contributed by atoms with Gasteiger partial charge in [-0.3, -0.25) is 4.79 Å². The molecule has 1 amide bonds. The third-order valence-electron chi connectivity index (χ3n) is 3.74. The third-order valence-corrected chi connectivity index (χ3v) is 3.74. The number of nitrogens with zero attached hydrogens (tertiary/aromatic N) is 1. The zero-order valence-corrected chi connectivity index (χ0v) is 11.8. The molecule has 0 aliphatic carbocycles. The summed E-state index contributed by atoms with van der Waals surface area (Å²) in [5.74, 6) is 0.196. The minimum atomic E-state index is -0.213. The Morgan fingerprint density at radius 2 is 2.20 bits per heavy atom. The lowest BCUT2D eigenvalue weighted by atomic mass is 9.96. The summed E-state index contributed by atoms with van der Waals surface area (Å²) in [6.45, 7) is 3.48. The molecule has 5 nitrogen and oxygen atoms in total. The lowest BCUT2D eigenvalue weighted by Gasteiger charge is -2.35. The molecular weight excluding hydrogens is 256 g/mol. The highest BCUT2D eigenvalue weighted by Gasteiger charge is 2.27. The van der Waals surface area contributed by atoms with Crippen LogP contribution in [-0.4, -0.2) is 48.3 Å². The molecule has 20 heavy (non-hydrogen) atoms. The van der Waals surface area contributed by atoms with Gasteiger partial charge < -0.3 is 20.5 Å². The van der Waals surface area contributed by atoms with Gasteiger partial charge in [-0.2, -0.15) is 0 Å². The minimum absolute atomic E-state index is 0.0536. The Morgan fingerprint density at radius 3 is 2.85 bits per heavy atom. The first kappa shape index (κ1) is 14.8. The van der Waals surface area contributed by atoms with E-state index in [0.29, 0.717) is 26.2 Å². The Kier molecular flexibility index (Phi) is 4.98. The lowest BCUT2D eigenvalue weighted by Crippen LogP contribution is -2.50. The van der Waals surface area contributed by atoms with Gasteiger partial charge in [-0.15, -0.1) is 0 Å². The van der Waals surface area contributed by atoms with Crippen LogP contribution in [0.25, 0.3) is 0 Å². The van der Waals surface area contributed by atoms with Gasteiger partial charge in [-0.05, 0) is 23.6 Å². The number of hydrogen-bond donors (Lipinski definition) is 2. The molecular formula is C15H22N2O3. The van der Waals surface area contributed by atoms with Gasteiger partial charge in [0, 0.05) is 18.7 Å². The summed E-state index contributed by atoms with van der Waals surface area (Å²) in [6.07, 6.45) is 0.431. The van der Waals surface area contributed by atoms with Crippen LogP contribution in [0.4, 0.5) is 5.69 Å². The van der Waals surface area contributed by atoms with E-state index in [2.05, 4.69) is 0 Å². The highest BCUT2D eigenvalue weighted by Crippen LogP contribution is 2.22. The molecule has 2 rings (SSSR count). The number of morpholine rings is 1. The van der Waals surface area contributed by atoms with Crippen LogP contribution in [0.15, 0.2) is 24.3 Å². The van der Waals surface area contributed by atoms with Crippen molar-refractivity contribution in [2.45, 2.75) is 25.3 Å². The second kappa shape index (κ2) is 6.72. The standard InChI is InChI=1S/C15H22N2O3/c1-11(12-2-4-13(16)5-3-12)8-15(19)17-6-7-20-10-14(17)9-18/h2-5,11,14,18H,6-10,16H2,1H3. The van der Waals surface area contributed by atoms with Crippen molar-refractivity contribution in [1.29, 1.82) is 0 Å². The van der Waals surface area contributed by atoms with Crippen LogP contribution in [0.3, 0.4) is 0 Å². The van der Waals surface area contributed by atoms with E-state index in [1.807, 2.05) is 31.2 Å². The maximum absolute atomic E-state index is 12.4. The van der Waals surface area contributed by atoms with Gasteiger partial charge in [0.25, 0.3) is 0 Å². The smallest absolute Gasteiger partial charge is 0.223 e. The van der Waals surface area contributed by atoms with Crippen LogP contribution in [-0.2, 0) is 9.53 Å². The fraction of sp³-hybridized carbons (Fsp3) is 0.533. The van der Waals surface area contributed by atoms with Crippen molar-refractivity contribution in [3.8, 4) is 0 Å². The van der Waals surface area contributed by atoms with Crippen LogP contribution in [0, 0.1) is 0 Å². The van der Waals surface area contributed by atoms with E-state index in [9.17, 15) is 9.90 Å². The van der Waals surface area contributed by atoms with Crippen LogP contribution in [0.2, 0.25) is 0 Å². The molecule has 1 fully saturated rings. The summed E-state index contributed by atoms with van der Waals surface area (Å²) in [5.41, 5.74) is 7.49. The van der Waals surface area contributed by atoms with Gasteiger partial charge in [-0.1, -0.05) is 19.1 Å². The molecule has 0 aromatic heterocycles. The Bertz CT molecular complexity index is 447. The first-order valence-electron chi connectivity index (χ1n) is 6.95. The van der Waals surface area contributed by atoms with E-state index in [-0.39, 0.29) is 24.5 Å². The molecule has 3 N–H and O–H groups in total. The van der Waals surface area contributed by atoms with Crippen molar-refractivity contribution in [2.75, 3.05) is 32.1 Å². The molecule has 5 heteroatoms. The van der Waals surface area contributed by atoms with E-state index in [0.717, 1.165) is 11.3 Å². The maximum Gasteiger partial charge on any atom is 0.223 e. The monoisotopic (exact) mass is 278 g/mol. The van der Waals surface area contributed by atoms with Crippen LogP contribution < -0.4 is 5.73 Å². The molecule has 1 heterocycles. The first-order valence-corrected chi connectivity index (χ1v) is 6.95. The van der Waals surface area contributed by atoms with Crippen molar-refractivity contribution < 1.29 is 14.6 Å². The summed E-state index contributed by atoms with van der Waals surface area (Å²) in [4.78, 5) is 14.1. The molecule has 0 spiro atoms. The van der Waals surface area contributed by atoms with E-state index < -0.39 is 0 Å². The van der Waals surface area contributed by atoms with E-state index >= 15 is 0 Å². The molecule has 0 bridgehead atoms. The number of rotatable bonds is 4. The Morgan fingerprint density at radius 1 is 1.50 bits per heavy atom. The van der Waals surface area contributed by atoms with Crippen LogP contribution in [0.1, 0.15) is 24.8 Å². The van der Waals surface area contributed by atoms with Crippen molar-refractivity contribution in [3.63, 3.8) is 0 Å². The quantitative estimate of drug-likeness (QED) is 0.805. The van der Waals surface area contributed by atoms with Crippen molar-refractivity contribution >= 4 is 11.6 Å². The second-order valence-corrected chi connectivity index (χ2v) is 5.27. The fourth-order valence-electron chi connectivity index (χ4n) is 2.46. The zero-order valence-electron chi connectivity index (χ0n) is 11.8. The highest BCUT2D eigenvalue weighted by atomic mass is 16.5. The topological polar surface area (TPSA) is 75.8 Å². The molecule has 1 aliphatic heterocycles. The molecule has 0 saturated carbocycles. The van der Waals surface area contributed by atoms with Gasteiger partial charge in [0.15, 0.2) is 0 Å². The Balaban J connectivity index is 1.97. The SMILES string of the molecule is CC(CC(=O)N1CCOCC1CO)c1ccc(N)cc1. The van der Waals surface area contributed by atoms with Crippen molar-refractivity contribution in [1.82, 2.24) is 4.90 Å². The Hall–Kier alpha value is -1.59. The van der Waals surface area contributed by atoms with Gasteiger partial charge in [0.2, 0.25) is 5.91 Å². The van der Waals surface area contributed by atoms with E-state index in [1.54, 1.807) is 4.90 Å². The summed E-state index contributed by atoms with van der Waals surface area (Å²) < 4.78 is 5.29. The van der Waals surface area contributed by atoms with Crippen molar-refractivity contribution in [3.05, 3.63) is 29.8 Å². The molecule has 1 aromatic rings. The van der Waals surface area contributed by atoms with Crippen LogP contribution >= 0.6 is 0 Å². The number of carbonyl (C=O) groups is 1. The van der Waals surface area contributed by atoms with Gasteiger partial charge in [0.1, 0.15) is 0 Å². The number of aliphatic hydroxyl groups is 1.